The van der Waals surface area contributed by atoms with E-state index in [-0.39, 0.29) is 0 Å². The first-order valence-corrected chi connectivity index (χ1v) is 7.53. The molecule has 1 aromatic heterocycles. The lowest BCUT2D eigenvalue weighted by Gasteiger charge is -2.15. The molecule has 0 bridgehead atoms. The Morgan fingerprint density at radius 1 is 1.06 bits per heavy atom. The molecule has 0 unspecified atom stereocenters. The first-order chi connectivity index (χ1) is 8.92. The molecule has 0 spiro atoms. The topological polar surface area (TPSA) is 42.7 Å². The van der Waals surface area contributed by atoms with Crippen LogP contribution in [-0.2, 0) is 19.5 Å². The molecule has 0 amide bonds. The molecule has 0 saturated carbocycles. The highest BCUT2D eigenvalue weighted by Gasteiger charge is 2.14. The first-order valence-electron chi connectivity index (χ1n) is 7.53. The molecule has 0 saturated heterocycles. The molecule has 0 radical (unpaired) electrons. The van der Waals surface area contributed by atoms with Crippen LogP contribution in [0.1, 0.15) is 63.5 Å². The molecule has 102 valence electrons. The predicted octanol–water partition coefficient (Wildman–Crippen LogP) is 2.67. The summed E-state index contributed by atoms with van der Waals surface area (Å²) in [7, 11) is 0. The number of aryl methyl sites for hydroxylation is 1. The summed E-state index contributed by atoms with van der Waals surface area (Å²) in [5.74, 6) is 2.30. The maximum atomic E-state index is 4.32. The second-order valence-electron chi connectivity index (χ2n) is 5.23. The van der Waals surface area contributed by atoms with E-state index in [1.165, 1.54) is 50.8 Å². The largest absolute Gasteiger partial charge is 0.313 e. The molecule has 1 aliphatic heterocycles. The Bertz CT molecular complexity index is 346. The van der Waals surface area contributed by atoms with Gasteiger partial charge in [0.25, 0.3) is 0 Å². The molecule has 18 heavy (non-hydrogen) atoms. The highest BCUT2D eigenvalue weighted by Crippen LogP contribution is 2.11. The van der Waals surface area contributed by atoms with Crippen molar-refractivity contribution in [3.8, 4) is 0 Å². The smallest absolute Gasteiger partial charge is 0.147 e. The van der Waals surface area contributed by atoms with Gasteiger partial charge in [-0.3, -0.25) is 0 Å². The highest BCUT2D eigenvalue weighted by atomic mass is 15.3. The van der Waals surface area contributed by atoms with Crippen LogP contribution in [0.25, 0.3) is 0 Å². The van der Waals surface area contributed by atoms with Crippen LogP contribution in [0.2, 0.25) is 0 Å². The van der Waals surface area contributed by atoms with Crippen molar-refractivity contribution >= 4 is 0 Å². The molecule has 0 atom stereocenters. The van der Waals surface area contributed by atoms with Gasteiger partial charge in [-0.15, -0.1) is 10.2 Å². The maximum absolute atomic E-state index is 4.32. The fourth-order valence-electron chi connectivity index (χ4n) is 2.58. The lowest BCUT2D eigenvalue weighted by Crippen LogP contribution is -2.29. The van der Waals surface area contributed by atoms with Gasteiger partial charge >= 0.3 is 0 Å². The molecule has 4 heteroatoms. The van der Waals surface area contributed by atoms with E-state index in [1.54, 1.807) is 0 Å². The van der Waals surface area contributed by atoms with Crippen LogP contribution < -0.4 is 5.32 Å². The number of fused-ring (bicyclic) bond motifs is 1. The molecule has 0 fully saturated rings. The van der Waals surface area contributed by atoms with Crippen molar-refractivity contribution in [3.63, 3.8) is 0 Å². The lowest BCUT2D eigenvalue weighted by molar-refractivity contribution is 0.488. The van der Waals surface area contributed by atoms with Gasteiger partial charge < -0.3 is 9.88 Å². The van der Waals surface area contributed by atoms with Crippen LogP contribution in [0.5, 0.6) is 0 Å². The number of hydrogen-bond acceptors (Lipinski definition) is 3. The van der Waals surface area contributed by atoms with Crippen LogP contribution in [0.15, 0.2) is 0 Å². The third-order valence-corrected chi connectivity index (χ3v) is 3.70. The molecular formula is C14H26N4. The van der Waals surface area contributed by atoms with E-state index < -0.39 is 0 Å². The molecular weight excluding hydrogens is 224 g/mol. The van der Waals surface area contributed by atoms with E-state index in [9.17, 15) is 0 Å². The van der Waals surface area contributed by atoms with Crippen molar-refractivity contribution in [2.75, 3.05) is 6.54 Å². The van der Waals surface area contributed by atoms with Crippen molar-refractivity contribution in [1.82, 2.24) is 20.1 Å². The number of nitrogens with zero attached hydrogens (tertiary/aromatic N) is 3. The van der Waals surface area contributed by atoms with Gasteiger partial charge in [0, 0.05) is 19.5 Å². The second kappa shape index (κ2) is 7.52. The fourth-order valence-corrected chi connectivity index (χ4v) is 2.58. The predicted molar refractivity (Wildman–Crippen MR) is 73.4 cm³/mol. The summed E-state index contributed by atoms with van der Waals surface area (Å²) in [5, 5.41) is 11.9. The maximum Gasteiger partial charge on any atom is 0.147 e. The van der Waals surface area contributed by atoms with Crippen LogP contribution in [-0.4, -0.2) is 21.3 Å². The Morgan fingerprint density at radius 3 is 2.67 bits per heavy atom. The minimum atomic E-state index is 0.879. The van der Waals surface area contributed by atoms with Gasteiger partial charge in [0.2, 0.25) is 0 Å². The third-order valence-electron chi connectivity index (χ3n) is 3.70. The zero-order valence-electron chi connectivity index (χ0n) is 11.6. The molecule has 2 heterocycles. The van der Waals surface area contributed by atoms with E-state index in [0.29, 0.717) is 0 Å². The molecule has 1 aromatic rings. The molecule has 1 aliphatic rings. The minimum Gasteiger partial charge on any atom is -0.313 e. The number of rotatable bonds is 8. The minimum absolute atomic E-state index is 0.879. The summed E-state index contributed by atoms with van der Waals surface area (Å²) in [4.78, 5) is 0. The van der Waals surface area contributed by atoms with Gasteiger partial charge in [-0.25, -0.2) is 0 Å². The summed E-state index contributed by atoms with van der Waals surface area (Å²) in [6.07, 6.45) is 10.6. The first kappa shape index (κ1) is 13.5. The SMILES string of the molecule is CCCCCCCCCc1nnc2n1CCNC2. The highest BCUT2D eigenvalue weighted by molar-refractivity contribution is 4.98. The van der Waals surface area contributed by atoms with E-state index in [1.807, 2.05) is 0 Å². The standard InChI is InChI=1S/C14H26N4/c1-2-3-4-5-6-7-8-9-13-16-17-14-12-15-10-11-18(13)14/h15H,2-12H2,1H3. The van der Waals surface area contributed by atoms with E-state index >= 15 is 0 Å². The van der Waals surface area contributed by atoms with Crippen molar-refractivity contribution in [2.45, 2.75) is 71.4 Å². The van der Waals surface area contributed by atoms with E-state index in [4.69, 9.17) is 0 Å². The number of unbranched alkanes of at least 4 members (excludes halogenated alkanes) is 6. The Balaban J connectivity index is 1.63. The molecule has 1 N–H and O–H groups in total. The number of aromatic nitrogens is 3. The average molecular weight is 250 g/mol. The van der Waals surface area contributed by atoms with Crippen LogP contribution in [0.4, 0.5) is 0 Å². The zero-order chi connectivity index (χ0) is 12.6. The van der Waals surface area contributed by atoms with Crippen molar-refractivity contribution in [3.05, 3.63) is 11.6 Å². The van der Waals surface area contributed by atoms with Crippen molar-refractivity contribution in [2.24, 2.45) is 0 Å². The summed E-state index contributed by atoms with van der Waals surface area (Å²) in [5.41, 5.74) is 0. The monoisotopic (exact) mass is 250 g/mol. The molecule has 4 nitrogen and oxygen atoms in total. The van der Waals surface area contributed by atoms with E-state index in [2.05, 4.69) is 27.0 Å². The van der Waals surface area contributed by atoms with Crippen molar-refractivity contribution < 1.29 is 0 Å². The number of nitrogens with one attached hydrogen (secondary N) is 1. The average Bonchev–Trinajstić information content (AvgIpc) is 2.81. The van der Waals surface area contributed by atoms with Gasteiger partial charge in [-0.2, -0.15) is 0 Å². The zero-order valence-corrected chi connectivity index (χ0v) is 11.6. The molecule has 0 aromatic carbocycles. The summed E-state index contributed by atoms with van der Waals surface area (Å²) in [6.45, 7) is 5.23. The number of hydrogen-bond donors (Lipinski definition) is 1. The normalized spacial score (nSPS) is 14.7. The van der Waals surface area contributed by atoms with Gasteiger partial charge in [0.15, 0.2) is 0 Å². The summed E-state index contributed by atoms with van der Waals surface area (Å²) in [6, 6.07) is 0. The Hall–Kier alpha value is -0.900. The van der Waals surface area contributed by atoms with Crippen LogP contribution in [0.3, 0.4) is 0 Å². The van der Waals surface area contributed by atoms with Gasteiger partial charge in [0.05, 0.1) is 6.54 Å². The summed E-state index contributed by atoms with van der Waals surface area (Å²) >= 11 is 0. The lowest BCUT2D eigenvalue weighted by atomic mass is 10.1. The molecule has 2 rings (SSSR count). The molecule has 0 aliphatic carbocycles. The van der Waals surface area contributed by atoms with Crippen LogP contribution in [0, 0.1) is 0 Å². The van der Waals surface area contributed by atoms with Crippen molar-refractivity contribution in [1.29, 1.82) is 0 Å². The van der Waals surface area contributed by atoms with Gasteiger partial charge in [-0.05, 0) is 6.42 Å². The quantitative estimate of drug-likeness (QED) is 0.721. The van der Waals surface area contributed by atoms with Crippen LogP contribution >= 0.6 is 0 Å². The Morgan fingerprint density at radius 2 is 1.83 bits per heavy atom. The van der Waals surface area contributed by atoms with E-state index in [0.717, 1.165) is 31.9 Å². The second-order valence-corrected chi connectivity index (χ2v) is 5.23. The summed E-state index contributed by atoms with van der Waals surface area (Å²) < 4.78 is 2.30. The Kier molecular flexibility index (Phi) is 5.65. The van der Waals surface area contributed by atoms with Gasteiger partial charge in [-0.1, -0.05) is 45.4 Å². The fraction of sp³-hybridized carbons (Fsp3) is 0.857. The third kappa shape index (κ3) is 3.80. The van der Waals surface area contributed by atoms with Gasteiger partial charge in [0.1, 0.15) is 11.6 Å². The Labute approximate surface area is 110 Å².